The minimum absolute atomic E-state index is 0.138. The average molecular weight is 467 g/mol. The first kappa shape index (κ1) is 26.0. The molecule has 0 saturated carbocycles. The Labute approximate surface area is 196 Å². The highest BCUT2D eigenvalue weighted by Crippen LogP contribution is 2.18. The van der Waals surface area contributed by atoms with Gasteiger partial charge in [-0.1, -0.05) is 72.1 Å². The van der Waals surface area contributed by atoms with Gasteiger partial charge in [0.15, 0.2) is 0 Å². The van der Waals surface area contributed by atoms with Crippen LogP contribution >= 0.6 is 0 Å². The van der Waals surface area contributed by atoms with Crippen LogP contribution in [0.4, 0.5) is 0 Å². The molecular formula is C26H38N2O2Si2. The van der Waals surface area contributed by atoms with Gasteiger partial charge in [0.25, 0.3) is 0 Å². The van der Waals surface area contributed by atoms with Crippen molar-refractivity contribution in [3.8, 4) is 0 Å². The number of hydrogen-bond acceptors (Lipinski definition) is 4. The van der Waals surface area contributed by atoms with Gasteiger partial charge in [-0.2, -0.15) is 5.10 Å². The van der Waals surface area contributed by atoms with E-state index in [0.29, 0.717) is 13.1 Å². The van der Waals surface area contributed by atoms with Gasteiger partial charge in [0.1, 0.15) is 6.10 Å². The SMILES string of the molecule is C=C[Si](C)(C)O[C@@H](C)[C@H](/C=N\N(Cc1ccccc1)Cc1ccccc1)O[Si](C)(C)C=C. The summed E-state index contributed by atoms with van der Waals surface area (Å²) in [6, 6.07) is 20.8. The zero-order chi connectivity index (χ0) is 23.6. The Hall–Kier alpha value is -2.26. The Kier molecular flexibility index (Phi) is 9.84. The molecular weight excluding hydrogens is 428 g/mol. The highest BCUT2D eigenvalue weighted by atomic mass is 28.4. The molecule has 0 spiro atoms. The van der Waals surface area contributed by atoms with E-state index in [1.165, 1.54) is 11.1 Å². The van der Waals surface area contributed by atoms with Gasteiger partial charge < -0.3 is 8.85 Å². The molecule has 172 valence electrons. The molecule has 0 bridgehead atoms. The van der Waals surface area contributed by atoms with Gasteiger partial charge in [0.05, 0.1) is 25.4 Å². The van der Waals surface area contributed by atoms with Crippen LogP contribution in [0.1, 0.15) is 18.1 Å². The second-order valence-corrected chi connectivity index (χ2v) is 16.8. The fourth-order valence-electron chi connectivity index (χ4n) is 3.13. The van der Waals surface area contributed by atoms with Crippen molar-refractivity contribution in [1.82, 2.24) is 5.01 Å². The van der Waals surface area contributed by atoms with Gasteiger partial charge in [-0.3, -0.25) is 5.01 Å². The van der Waals surface area contributed by atoms with Gasteiger partial charge in [-0.25, -0.2) is 0 Å². The molecule has 32 heavy (non-hydrogen) atoms. The third kappa shape index (κ3) is 9.08. The van der Waals surface area contributed by atoms with Crippen molar-refractivity contribution in [3.05, 3.63) is 96.3 Å². The first-order valence-corrected chi connectivity index (χ1v) is 17.1. The smallest absolute Gasteiger partial charge is 0.211 e. The lowest BCUT2D eigenvalue weighted by Crippen LogP contribution is -2.45. The first-order valence-electron chi connectivity index (χ1n) is 11.1. The van der Waals surface area contributed by atoms with Gasteiger partial charge in [-0.05, 0) is 44.2 Å². The molecule has 0 unspecified atom stereocenters. The van der Waals surface area contributed by atoms with Crippen LogP contribution in [-0.4, -0.2) is 40.1 Å². The number of benzene rings is 2. The van der Waals surface area contributed by atoms with Crippen LogP contribution < -0.4 is 0 Å². The van der Waals surface area contributed by atoms with Gasteiger partial charge in [0, 0.05) is 0 Å². The Morgan fingerprint density at radius 2 is 1.25 bits per heavy atom. The molecule has 2 aromatic rings. The van der Waals surface area contributed by atoms with Crippen LogP contribution in [0.2, 0.25) is 26.2 Å². The Balaban J connectivity index is 2.27. The van der Waals surface area contributed by atoms with Crippen molar-refractivity contribution >= 4 is 22.8 Å². The fourth-order valence-corrected chi connectivity index (χ4v) is 5.37. The fraction of sp³-hybridized carbons (Fsp3) is 0.346. The van der Waals surface area contributed by atoms with Crippen molar-refractivity contribution < 1.29 is 8.85 Å². The Morgan fingerprint density at radius 1 is 0.812 bits per heavy atom. The van der Waals surface area contributed by atoms with Crippen LogP contribution in [0.5, 0.6) is 0 Å². The van der Waals surface area contributed by atoms with Crippen molar-refractivity contribution in [1.29, 1.82) is 0 Å². The summed E-state index contributed by atoms with van der Waals surface area (Å²) in [5.74, 6) is 0. The quantitative estimate of drug-likeness (QED) is 0.197. The largest absolute Gasteiger partial charge is 0.408 e. The average Bonchev–Trinajstić information content (AvgIpc) is 2.77. The highest BCUT2D eigenvalue weighted by Gasteiger charge is 2.30. The van der Waals surface area contributed by atoms with E-state index in [2.05, 4.69) is 99.8 Å². The second kappa shape index (κ2) is 12.1. The summed E-state index contributed by atoms with van der Waals surface area (Å²) in [4.78, 5) is 0. The van der Waals surface area contributed by atoms with E-state index in [9.17, 15) is 0 Å². The summed E-state index contributed by atoms with van der Waals surface area (Å²) in [6.45, 7) is 19.9. The molecule has 0 radical (unpaired) electrons. The summed E-state index contributed by atoms with van der Waals surface area (Å²) >= 11 is 0. The van der Waals surface area contributed by atoms with Crippen LogP contribution in [-0.2, 0) is 21.9 Å². The maximum absolute atomic E-state index is 6.50. The molecule has 0 aliphatic heterocycles. The van der Waals surface area contributed by atoms with E-state index < -0.39 is 16.6 Å². The molecule has 0 saturated heterocycles. The second-order valence-electron chi connectivity index (χ2n) is 9.08. The number of nitrogens with zero attached hydrogens (tertiary/aromatic N) is 2. The summed E-state index contributed by atoms with van der Waals surface area (Å²) in [6.07, 6.45) is 1.50. The highest BCUT2D eigenvalue weighted by molar-refractivity contribution is 6.76. The van der Waals surface area contributed by atoms with Gasteiger partial charge in [-0.15, -0.1) is 13.2 Å². The predicted octanol–water partition coefficient (Wildman–Crippen LogP) is 6.33. The van der Waals surface area contributed by atoms with Crippen LogP contribution in [0.25, 0.3) is 0 Å². The van der Waals surface area contributed by atoms with Crippen molar-refractivity contribution in [3.63, 3.8) is 0 Å². The third-order valence-corrected chi connectivity index (χ3v) is 8.99. The Morgan fingerprint density at radius 3 is 1.69 bits per heavy atom. The number of hydrazone groups is 1. The van der Waals surface area contributed by atoms with Gasteiger partial charge in [0.2, 0.25) is 16.6 Å². The first-order chi connectivity index (χ1) is 15.1. The van der Waals surface area contributed by atoms with E-state index in [-0.39, 0.29) is 12.2 Å². The lowest BCUT2D eigenvalue weighted by atomic mass is 10.2. The summed E-state index contributed by atoms with van der Waals surface area (Å²) in [7, 11) is -4.01. The summed E-state index contributed by atoms with van der Waals surface area (Å²) in [5.41, 5.74) is 6.32. The third-order valence-electron chi connectivity index (χ3n) is 5.17. The zero-order valence-electron chi connectivity index (χ0n) is 20.2. The lowest BCUT2D eigenvalue weighted by molar-refractivity contribution is 0.101. The van der Waals surface area contributed by atoms with Gasteiger partial charge >= 0.3 is 0 Å². The molecule has 2 aromatic carbocycles. The molecule has 0 aliphatic rings. The molecule has 0 aliphatic carbocycles. The minimum Gasteiger partial charge on any atom is -0.408 e. The number of hydrogen-bond donors (Lipinski definition) is 0. The predicted molar refractivity (Wildman–Crippen MR) is 141 cm³/mol. The van der Waals surface area contributed by atoms with Crippen molar-refractivity contribution in [2.45, 2.75) is 58.4 Å². The lowest BCUT2D eigenvalue weighted by Gasteiger charge is -2.33. The maximum Gasteiger partial charge on any atom is 0.211 e. The summed E-state index contributed by atoms with van der Waals surface area (Å²) in [5, 5.41) is 6.97. The van der Waals surface area contributed by atoms with E-state index in [4.69, 9.17) is 14.0 Å². The molecule has 0 N–H and O–H groups in total. The van der Waals surface area contributed by atoms with E-state index in [1.54, 1.807) is 0 Å². The Bertz CT molecular complexity index is 828. The molecule has 0 amide bonds. The molecule has 2 rings (SSSR count). The van der Waals surface area contributed by atoms with Crippen molar-refractivity contribution in [2.75, 3.05) is 0 Å². The molecule has 6 heteroatoms. The molecule has 0 aromatic heterocycles. The van der Waals surface area contributed by atoms with Crippen LogP contribution in [0.3, 0.4) is 0 Å². The topological polar surface area (TPSA) is 34.1 Å². The molecule has 4 nitrogen and oxygen atoms in total. The number of rotatable bonds is 13. The normalized spacial score (nSPS) is 14.2. The molecule has 2 atom stereocenters. The summed E-state index contributed by atoms with van der Waals surface area (Å²) < 4.78 is 12.9. The van der Waals surface area contributed by atoms with E-state index >= 15 is 0 Å². The zero-order valence-corrected chi connectivity index (χ0v) is 22.2. The van der Waals surface area contributed by atoms with E-state index in [1.807, 2.05) is 29.7 Å². The standard InChI is InChI=1S/C26H38N2O2Si2/c1-8-31(4,5)29-23(3)26(30-32(6,7)9-2)20-27-28(21-24-16-12-10-13-17-24)22-25-18-14-11-15-19-25/h8-20,23,26H,1-2,21-22H2,3-7H3/b27-20-/t23-,26-/m0/s1. The van der Waals surface area contributed by atoms with Crippen molar-refractivity contribution in [2.24, 2.45) is 5.10 Å². The minimum atomic E-state index is -2.05. The molecule has 0 heterocycles. The van der Waals surface area contributed by atoms with Crippen LogP contribution in [0, 0.1) is 0 Å². The maximum atomic E-state index is 6.50. The van der Waals surface area contributed by atoms with Crippen LogP contribution in [0.15, 0.2) is 90.3 Å². The van der Waals surface area contributed by atoms with E-state index in [0.717, 1.165) is 0 Å². The monoisotopic (exact) mass is 466 g/mol. The molecule has 0 fully saturated rings.